The SMILES string of the molecule is CCn1nccc1C(=O)N(CCN(C)C)c1nc2ccc(Cl)cc2s1.Cl. The fourth-order valence-corrected chi connectivity index (χ4v) is 3.76. The van der Waals surface area contributed by atoms with Crippen molar-refractivity contribution in [1.82, 2.24) is 19.7 Å². The topological polar surface area (TPSA) is 54.3 Å². The van der Waals surface area contributed by atoms with E-state index in [9.17, 15) is 4.79 Å². The Balaban J connectivity index is 0.00000243. The molecule has 0 aliphatic carbocycles. The van der Waals surface area contributed by atoms with Crippen LogP contribution in [0.4, 0.5) is 5.13 Å². The molecule has 2 aromatic heterocycles. The summed E-state index contributed by atoms with van der Waals surface area (Å²) >= 11 is 7.55. The number of amides is 1. The van der Waals surface area contributed by atoms with Crippen LogP contribution in [-0.2, 0) is 6.54 Å². The Morgan fingerprint density at radius 1 is 1.27 bits per heavy atom. The molecule has 6 nitrogen and oxygen atoms in total. The summed E-state index contributed by atoms with van der Waals surface area (Å²) in [6.45, 7) is 3.90. The molecule has 0 spiro atoms. The number of benzene rings is 1. The molecule has 1 amide bonds. The van der Waals surface area contributed by atoms with E-state index in [1.54, 1.807) is 21.8 Å². The summed E-state index contributed by atoms with van der Waals surface area (Å²) < 4.78 is 2.67. The van der Waals surface area contributed by atoms with Crippen molar-refractivity contribution in [3.8, 4) is 0 Å². The van der Waals surface area contributed by atoms with Gasteiger partial charge in [0.25, 0.3) is 5.91 Å². The first-order valence-electron chi connectivity index (χ1n) is 8.04. The molecule has 0 atom stereocenters. The summed E-state index contributed by atoms with van der Waals surface area (Å²) in [5.41, 5.74) is 1.41. The summed E-state index contributed by atoms with van der Waals surface area (Å²) in [5, 5.41) is 5.54. The summed E-state index contributed by atoms with van der Waals surface area (Å²) in [7, 11) is 3.97. The molecule has 2 heterocycles. The van der Waals surface area contributed by atoms with Crippen LogP contribution in [0.5, 0.6) is 0 Å². The van der Waals surface area contributed by atoms with E-state index < -0.39 is 0 Å². The molecule has 0 saturated heterocycles. The Morgan fingerprint density at radius 2 is 2.04 bits per heavy atom. The van der Waals surface area contributed by atoms with Gasteiger partial charge in [-0.25, -0.2) is 4.98 Å². The van der Waals surface area contributed by atoms with Gasteiger partial charge >= 0.3 is 0 Å². The molecule has 0 radical (unpaired) electrons. The highest BCUT2D eigenvalue weighted by atomic mass is 35.5. The fourth-order valence-electron chi connectivity index (χ4n) is 2.49. The zero-order chi connectivity index (χ0) is 18.0. The molecule has 3 rings (SSSR count). The van der Waals surface area contributed by atoms with Crippen LogP contribution in [0, 0.1) is 0 Å². The second-order valence-electron chi connectivity index (χ2n) is 5.90. The van der Waals surface area contributed by atoms with Gasteiger partial charge in [0.1, 0.15) is 5.69 Å². The molecule has 0 saturated carbocycles. The number of carbonyl (C=O) groups is 1. The van der Waals surface area contributed by atoms with Gasteiger partial charge < -0.3 is 4.90 Å². The van der Waals surface area contributed by atoms with Crippen LogP contribution in [-0.4, -0.2) is 52.8 Å². The first-order chi connectivity index (χ1) is 12.0. The lowest BCUT2D eigenvalue weighted by Crippen LogP contribution is -2.37. The third-order valence-corrected chi connectivity index (χ3v) is 5.10. The number of carbonyl (C=O) groups excluding carboxylic acids is 1. The van der Waals surface area contributed by atoms with Crippen LogP contribution in [0.25, 0.3) is 10.2 Å². The minimum Gasteiger partial charge on any atom is -0.308 e. The van der Waals surface area contributed by atoms with E-state index in [1.807, 2.05) is 44.1 Å². The number of thiazole rings is 1. The molecule has 0 unspecified atom stereocenters. The van der Waals surface area contributed by atoms with Crippen molar-refractivity contribution >= 4 is 56.6 Å². The van der Waals surface area contributed by atoms with Gasteiger partial charge in [-0.15, -0.1) is 12.4 Å². The molecular formula is C17H21Cl2N5OS. The smallest absolute Gasteiger partial charge is 0.278 e. The molecule has 0 fully saturated rings. The number of aryl methyl sites for hydroxylation is 1. The van der Waals surface area contributed by atoms with Crippen molar-refractivity contribution in [2.75, 3.05) is 32.1 Å². The van der Waals surface area contributed by atoms with E-state index in [-0.39, 0.29) is 18.3 Å². The number of fused-ring (bicyclic) bond motifs is 1. The number of nitrogens with zero attached hydrogens (tertiary/aromatic N) is 5. The molecule has 140 valence electrons. The van der Waals surface area contributed by atoms with Crippen LogP contribution >= 0.6 is 35.3 Å². The molecule has 0 aliphatic heterocycles. The van der Waals surface area contributed by atoms with Crippen LogP contribution in [0.2, 0.25) is 5.02 Å². The van der Waals surface area contributed by atoms with Gasteiger partial charge in [0.15, 0.2) is 5.13 Å². The lowest BCUT2D eigenvalue weighted by atomic mass is 10.3. The third-order valence-electron chi connectivity index (χ3n) is 3.82. The van der Waals surface area contributed by atoms with Gasteiger partial charge in [-0.3, -0.25) is 14.4 Å². The second kappa shape index (κ2) is 8.81. The average molecular weight is 414 g/mol. The van der Waals surface area contributed by atoms with Crippen molar-refractivity contribution in [1.29, 1.82) is 0 Å². The van der Waals surface area contributed by atoms with Crippen LogP contribution in [0.3, 0.4) is 0 Å². The predicted octanol–water partition coefficient (Wildman–Crippen LogP) is 3.80. The number of anilines is 1. The van der Waals surface area contributed by atoms with E-state index in [2.05, 4.69) is 10.1 Å². The number of hydrogen-bond donors (Lipinski definition) is 0. The largest absolute Gasteiger partial charge is 0.308 e. The Morgan fingerprint density at radius 3 is 2.73 bits per heavy atom. The molecule has 0 aliphatic rings. The van der Waals surface area contributed by atoms with Crippen LogP contribution < -0.4 is 4.90 Å². The van der Waals surface area contributed by atoms with E-state index in [0.29, 0.717) is 28.9 Å². The number of likely N-dealkylation sites (N-methyl/N-ethyl adjacent to an activating group) is 1. The maximum atomic E-state index is 13.1. The average Bonchev–Trinajstić information content (AvgIpc) is 3.20. The molecule has 0 bridgehead atoms. The predicted molar refractivity (Wildman–Crippen MR) is 110 cm³/mol. The highest BCUT2D eigenvalue weighted by Crippen LogP contribution is 2.31. The molecule has 9 heteroatoms. The van der Waals surface area contributed by atoms with Crippen molar-refractivity contribution in [3.05, 3.63) is 41.2 Å². The van der Waals surface area contributed by atoms with Crippen molar-refractivity contribution < 1.29 is 4.79 Å². The van der Waals surface area contributed by atoms with Crippen molar-refractivity contribution in [3.63, 3.8) is 0 Å². The Bertz CT molecular complexity index is 892. The van der Waals surface area contributed by atoms with Gasteiger partial charge in [-0.1, -0.05) is 22.9 Å². The van der Waals surface area contributed by atoms with E-state index >= 15 is 0 Å². The summed E-state index contributed by atoms with van der Waals surface area (Å²) in [6, 6.07) is 7.32. The summed E-state index contributed by atoms with van der Waals surface area (Å²) in [6.07, 6.45) is 1.65. The first-order valence-corrected chi connectivity index (χ1v) is 9.23. The van der Waals surface area contributed by atoms with Gasteiger partial charge in [-0.05, 0) is 45.3 Å². The minimum absolute atomic E-state index is 0. The molecular weight excluding hydrogens is 393 g/mol. The first kappa shape index (κ1) is 20.6. The number of halogens is 2. The minimum atomic E-state index is -0.0913. The standard InChI is InChI=1S/C17H20ClN5OS.ClH/c1-4-23-14(7-8-19-23)16(24)22(10-9-21(2)3)17-20-13-6-5-12(18)11-15(13)25-17;/h5-8,11H,4,9-10H2,1-3H3;1H. The van der Waals surface area contributed by atoms with Gasteiger partial charge in [0.2, 0.25) is 0 Å². The highest BCUT2D eigenvalue weighted by molar-refractivity contribution is 7.22. The quantitative estimate of drug-likeness (QED) is 0.616. The zero-order valence-corrected chi connectivity index (χ0v) is 17.2. The lowest BCUT2D eigenvalue weighted by molar-refractivity contribution is 0.0975. The molecule has 0 N–H and O–H groups in total. The zero-order valence-electron chi connectivity index (χ0n) is 14.8. The van der Waals surface area contributed by atoms with Crippen LogP contribution in [0.15, 0.2) is 30.5 Å². The van der Waals surface area contributed by atoms with Gasteiger partial charge in [-0.2, -0.15) is 5.10 Å². The normalized spacial score (nSPS) is 11.0. The number of rotatable bonds is 6. The maximum Gasteiger partial charge on any atom is 0.278 e. The molecule has 1 aromatic carbocycles. The second-order valence-corrected chi connectivity index (χ2v) is 7.35. The Hall–Kier alpha value is -1.67. The monoisotopic (exact) mass is 413 g/mol. The number of hydrogen-bond acceptors (Lipinski definition) is 5. The van der Waals surface area contributed by atoms with Gasteiger partial charge in [0.05, 0.1) is 10.2 Å². The highest BCUT2D eigenvalue weighted by Gasteiger charge is 2.24. The summed E-state index contributed by atoms with van der Waals surface area (Å²) in [5.74, 6) is -0.0913. The molecule has 3 aromatic rings. The maximum absolute atomic E-state index is 13.1. The van der Waals surface area contributed by atoms with Crippen LogP contribution in [0.1, 0.15) is 17.4 Å². The Kier molecular flexibility index (Phi) is 7.00. The number of aromatic nitrogens is 3. The van der Waals surface area contributed by atoms with Gasteiger partial charge in [0, 0.05) is 30.9 Å². The lowest BCUT2D eigenvalue weighted by Gasteiger charge is -2.22. The molecule has 26 heavy (non-hydrogen) atoms. The van der Waals surface area contributed by atoms with E-state index in [0.717, 1.165) is 16.8 Å². The van der Waals surface area contributed by atoms with Crippen molar-refractivity contribution in [2.45, 2.75) is 13.5 Å². The summed E-state index contributed by atoms with van der Waals surface area (Å²) in [4.78, 5) is 21.5. The van der Waals surface area contributed by atoms with E-state index in [4.69, 9.17) is 11.6 Å². The Labute approximate surface area is 167 Å². The van der Waals surface area contributed by atoms with Crippen molar-refractivity contribution in [2.24, 2.45) is 0 Å². The van der Waals surface area contributed by atoms with E-state index in [1.165, 1.54) is 11.3 Å². The fraction of sp³-hybridized carbons (Fsp3) is 0.353. The third kappa shape index (κ3) is 4.35.